The third-order valence-electron chi connectivity index (χ3n) is 2.94. The van der Waals surface area contributed by atoms with Gasteiger partial charge in [0.2, 0.25) is 0 Å². The largest absolute Gasteiger partial charge is 0.480 e. The first kappa shape index (κ1) is 15.1. The highest BCUT2D eigenvalue weighted by molar-refractivity contribution is 5.96. The van der Waals surface area contributed by atoms with Crippen molar-refractivity contribution < 1.29 is 23.5 Å². The fourth-order valence-corrected chi connectivity index (χ4v) is 1.57. The van der Waals surface area contributed by atoms with Crippen LogP contribution in [0.3, 0.4) is 0 Å². The van der Waals surface area contributed by atoms with Gasteiger partial charge in [0.05, 0.1) is 5.56 Å². The summed E-state index contributed by atoms with van der Waals surface area (Å²) in [7, 11) is 0. The molecule has 2 N–H and O–H groups in total. The lowest BCUT2D eigenvalue weighted by Gasteiger charge is -2.20. The standard InChI is InChI=1S/C13H15F2NO3/c1-3-7(2)11(13(18)19)16-12(17)9-6-8(14)4-5-10(9)15/h4-7,11H,3H2,1-2H3,(H,16,17)(H,18,19). The van der Waals surface area contributed by atoms with Crippen LogP contribution in [0.4, 0.5) is 8.78 Å². The summed E-state index contributed by atoms with van der Waals surface area (Å²) in [5, 5.41) is 11.2. The lowest BCUT2D eigenvalue weighted by atomic mass is 9.99. The molecule has 1 aromatic rings. The quantitative estimate of drug-likeness (QED) is 0.862. The van der Waals surface area contributed by atoms with Gasteiger partial charge in [-0.1, -0.05) is 20.3 Å². The Kier molecular flexibility index (Phi) is 4.97. The Hall–Kier alpha value is -1.98. The van der Waals surface area contributed by atoms with Gasteiger partial charge in [0.1, 0.15) is 17.7 Å². The number of halogens is 2. The highest BCUT2D eigenvalue weighted by Crippen LogP contribution is 2.12. The van der Waals surface area contributed by atoms with Crippen LogP contribution in [-0.4, -0.2) is 23.0 Å². The number of hydrogen-bond donors (Lipinski definition) is 2. The lowest BCUT2D eigenvalue weighted by molar-refractivity contribution is -0.140. The zero-order valence-corrected chi connectivity index (χ0v) is 10.6. The Bertz CT molecular complexity index is 491. The molecule has 0 spiro atoms. The van der Waals surface area contributed by atoms with Gasteiger partial charge in [-0.3, -0.25) is 4.79 Å². The number of aliphatic carboxylic acids is 1. The van der Waals surface area contributed by atoms with Crippen molar-refractivity contribution in [2.45, 2.75) is 26.3 Å². The molecule has 2 atom stereocenters. The highest BCUT2D eigenvalue weighted by Gasteiger charge is 2.26. The molecular weight excluding hydrogens is 256 g/mol. The van der Waals surface area contributed by atoms with Gasteiger partial charge in [-0.05, 0) is 24.1 Å². The molecule has 0 aromatic heterocycles. The average Bonchev–Trinajstić information content (AvgIpc) is 2.37. The molecule has 0 aliphatic rings. The molecular formula is C13H15F2NO3. The number of carbonyl (C=O) groups excluding carboxylic acids is 1. The number of hydrogen-bond acceptors (Lipinski definition) is 2. The second-order valence-electron chi connectivity index (χ2n) is 4.30. The molecule has 104 valence electrons. The number of carbonyl (C=O) groups is 2. The third kappa shape index (κ3) is 3.74. The number of carboxylic acids is 1. The van der Waals surface area contributed by atoms with E-state index in [0.29, 0.717) is 6.42 Å². The van der Waals surface area contributed by atoms with Crippen molar-refractivity contribution in [1.29, 1.82) is 0 Å². The average molecular weight is 271 g/mol. The van der Waals surface area contributed by atoms with Crippen molar-refractivity contribution in [3.63, 3.8) is 0 Å². The van der Waals surface area contributed by atoms with E-state index in [1.165, 1.54) is 0 Å². The van der Waals surface area contributed by atoms with E-state index in [1.807, 2.05) is 0 Å². The molecule has 0 aliphatic carbocycles. The Morgan fingerprint density at radius 3 is 2.53 bits per heavy atom. The molecule has 0 heterocycles. The molecule has 1 amide bonds. The summed E-state index contributed by atoms with van der Waals surface area (Å²) in [5.74, 6) is -4.13. The highest BCUT2D eigenvalue weighted by atomic mass is 19.1. The van der Waals surface area contributed by atoms with Gasteiger partial charge >= 0.3 is 5.97 Å². The Balaban J connectivity index is 2.94. The van der Waals surface area contributed by atoms with Crippen LogP contribution in [0.25, 0.3) is 0 Å². The Morgan fingerprint density at radius 1 is 1.37 bits per heavy atom. The first-order valence-corrected chi connectivity index (χ1v) is 5.85. The first-order valence-electron chi connectivity index (χ1n) is 5.85. The van der Waals surface area contributed by atoms with Crippen molar-refractivity contribution in [2.24, 2.45) is 5.92 Å². The Labute approximate surface area is 109 Å². The van der Waals surface area contributed by atoms with Gasteiger partial charge in [0.25, 0.3) is 5.91 Å². The van der Waals surface area contributed by atoms with Gasteiger partial charge < -0.3 is 10.4 Å². The number of amides is 1. The first-order chi connectivity index (χ1) is 8.86. The van der Waals surface area contributed by atoms with Crippen LogP contribution in [0.5, 0.6) is 0 Å². The van der Waals surface area contributed by atoms with Crippen molar-refractivity contribution in [1.82, 2.24) is 5.32 Å². The summed E-state index contributed by atoms with van der Waals surface area (Å²) >= 11 is 0. The normalized spacial score (nSPS) is 13.7. The monoisotopic (exact) mass is 271 g/mol. The molecule has 6 heteroatoms. The summed E-state index contributed by atoms with van der Waals surface area (Å²) in [5.41, 5.74) is -0.505. The number of nitrogens with one attached hydrogen (secondary N) is 1. The second-order valence-corrected chi connectivity index (χ2v) is 4.30. The third-order valence-corrected chi connectivity index (χ3v) is 2.94. The summed E-state index contributed by atoms with van der Waals surface area (Å²) < 4.78 is 26.3. The van der Waals surface area contributed by atoms with Crippen LogP contribution in [0.15, 0.2) is 18.2 Å². The molecule has 4 nitrogen and oxygen atoms in total. The fourth-order valence-electron chi connectivity index (χ4n) is 1.57. The molecule has 0 radical (unpaired) electrons. The van der Waals surface area contributed by atoms with Crippen molar-refractivity contribution in [2.75, 3.05) is 0 Å². The number of rotatable bonds is 5. The maximum atomic E-state index is 13.4. The number of carboxylic acid groups (broad SMARTS) is 1. The molecule has 1 rings (SSSR count). The molecule has 0 saturated carbocycles. The van der Waals surface area contributed by atoms with Crippen LogP contribution in [0, 0.1) is 17.6 Å². The zero-order valence-electron chi connectivity index (χ0n) is 10.6. The van der Waals surface area contributed by atoms with Crippen LogP contribution in [0.1, 0.15) is 30.6 Å². The minimum absolute atomic E-state index is 0.321. The summed E-state index contributed by atoms with van der Waals surface area (Å²) in [6.07, 6.45) is 0.531. The van der Waals surface area contributed by atoms with Crippen molar-refractivity contribution in [3.8, 4) is 0 Å². The topological polar surface area (TPSA) is 66.4 Å². The van der Waals surface area contributed by atoms with Gasteiger partial charge in [-0.15, -0.1) is 0 Å². The molecule has 19 heavy (non-hydrogen) atoms. The van der Waals surface area contributed by atoms with Crippen LogP contribution in [0.2, 0.25) is 0 Å². The van der Waals surface area contributed by atoms with E-state index in [0.717, 1.165) is 18.2 Å². The number of benzene rings is 1. The van der Waals surface area contributed by atoms with E-state index in [2.05, 4.69) is 5.32 Å². The predicted molar refractivity (Wildman–Crippen MR) is 64.7 cm³/mol. The Morgan fingerprint density at radius 2 is 2.00 bits per heavy atom. The van der Waals surface area contributed by atoms with Gasteiger partial charge in [0, 0.05) is 0 Å². The second kappa shape index (κ2) is 6.26. The lowest BCUT2D eigenvalue weighted by Crippen LogP contribution is -2.45. The van der Waals surface area contributed by atoms with Crippen LogP contribution < -0.4 is 5.32 Å². The van der Waals surface area contributed by atoms with E-state index in [1.54, 1.807) is 13.8 Å². The minimum Gasteiger partial charge on any atom is -0.480 e. The van der Waals surface area contributed by atoms with Gasteiger partial charge in [-0.25, -0.2) is 13.6 Å². The van der Waals surface area contributed by atoms with Crippen molar-refractivity contribution >= 4 is 11.9 Å². The zero-order chi connectivity index (χ0) is 14.6. The van der Waals surface area contributed by atoms with Crippen LogP contribution >= 0.6 is 0 Å². The SMILES string of the molecule is CCC(C)C(NC(=O)c1cc(F)ccc1F)C(=O)O. The molecule has 2 unspecified atom stereocenters. The maximum Gasteiger partial charge on any atom is 0.326 e. The molecule has 0 saturated heterocycles. The maximum absolute atomic E-state index is 13.4. The summed E-state index contributed by atoms with van der Waals surface area (Å²) in [6, 6.07) is 1.30. The van der Waals surface area contributed by atoms with Crippen LogP contribution in [-0.2, 0) is 4.79 Å². The summed E-state index contributed by atoms with van der Waals surface area (Å²) in [4.78, 5) is 22.8. The van der Waals surface area contributed by atoms with Gasteiger partial charge in [-0.2, -0.15) is 0 Å². The van der Waals surface area contributed by atoms with E-state index in [9.17, 15) is 18.4 Å². The van der Waals surface area contributed by atoms with E-state index < -0.39 is 35.1 Å². The predicted octanol–water partition coefficient (Wildman–Crippen LogP) is 2.19. The van der Waals surface area contributed by atoms with E-state index >= 15 is 0 Å². The minimum atomic E-state index is -1.21. The molecule has 0 fully saturated rings. The van der Waals surface area contributed by atoms with E-state index in [4.69, 9.17) is 5.11 Å². The molecule has 0 aliphatic heterocycles. The van der Waals surface area contributed by atoms with Gasteiger partial charge in [0.15, 0.2) is 0 Å². The summed E-state index contributed by atoms with van der Waals surface area (Å²) in [6.45, 7) is 3.43. The van der Waals surface area contributed by atoms with E-state index in [-0.39, 0.29) is 5.92 Å². The smallest absolute Gasteiger partial charge is 0.326 e. The van der Waals surface area contributed by atoms with Crippen molar-refractivity contribution in [3.05, 3.63) is 35.4 Å². The molecule has 1 aromatic carbocycles. The molecule has 0 bridgehead atoms. The fraction of sp³-hybridized carbons (Fsp3) is 0.385.